The average molecular weight is 649 g/mol. The van der Waals surface area contributed by atoms with Crippen LogP contribution in [-0.2, 0) is 14.3 Å². The van der Waals surface area contributed by atoms with Crippen molar-refractivity contribution < 1.29 is 19.1 Å². The number of rotatable bonds is 3. The van der Waals surface area contributed by atoms with Gasteiger partial charge in [-0.15, -0.1) is 0 Å². The number of allylic oxidation sites excluding steroid dienone is 1. The van der Waals surface area contributed by atoms with Crippen LogP contribution in [-0.4, -0.2) is 66.8 Å². The SMILES string of the molecule is C=C(C)[C@@H]1CC[C@]2(C(=O)N3CCC(N4CCCCC4)CC3)CC[C@]3(C)[C@H](CC[C@@H]4[C@@]5(C)CC[C@@H]6OC(=O)OC[C@@]6(C)[C@@H]5CC[C@]43C)[C@@H]12. The lowest BCUT2D eigenvalue weighted by Crippen LogP contribution is -2.69. The number of nitrogens with zero attached hydrogens (tertiary/aromatic N) is 2. The third-order valence-electron chi connectivity index (χ3n) is 17.6. The number of ether oxygens (including phenoxy) is 2. The molecule has 8 fully saturated rings. The van der Waals surface area contributed by atoms with Crippen LogP contribution in [0.25, 0.3) is 0 Å². The van der Waals surface area contributed by atoms with Crippen LogP contribution in [0.2, 0.25) is 0 Å². The molecule has 6 heteroatoms. The Morgan fingerprint density at radius 1 is 0.766 bits per heavy atom. The van der Waals surface area contributed by atoms with Crippen LogP contribution in [0.3, 0.4) is 0 Å². The number of likely N-dealkylation sites (tertiary alicyclic amines) is 2. The number of hydrogen-bond donors (Lipinski definition) is 0. The topological polar surface area (TPSA) is 59.1 Å². The lowest BCUT2D eigenvalue weighted by molar-refractivity contribution is -0.263. The van der Waals surface area contributed by atoms with Crippen molar-refractivity contribution in [3.8, 4) is 0 Å². The highest BCUT2D eigenvalue weighted by Gasteiger charge is 2.73. The summed E-state index contributed by atoms with van der Waals surface area (Å²) in [6.07, 6.45) is 17.3. The first-order valence-electron chi connectivity index (χ1n) is 19.9. The fourth-order valence-electron chi connectivity index (χ4n) is 15.1. The van der Waals surface area contributed by atoms with Crippen LogP contribution in [0.1, 0.15) is 131 Å². The monoisotopic (exact) mass is 648 g/mol. The van der Waals surface area contributed by atoms with Gasteiger partial charge in [-0.25, -0.2) is 4.79 Å². The predicted molar refractivity (Wildman–Crippen MR) is 185 cm³/mol. The van der Waals surface area contributed by atoms with Gasteiger partial charge in [-0.05, 0) is 156 Å². The number of amides is 1. The second-order valence-corrected chi connectivity index (χ2v) is 19.2. The molecule has 3 saturated heterocycles. The van der Waals surface area contributed by atoms with Crippen molar-refractivity contribution in [3.63, 3.8) is 0 Å². The van der Waals surface area contributed by atoms with E-state index in [-0.39, 0.29) is 33.2 Å². The quantitative estimate of drug-likeness (QED) is 0.227. The fraction of sp³-hybridized carbons (Fsp3) is 0.902. The van der Waals surface area contributed by atoms with Gasteiger partial charge in [-0.3, -0.25) is 4.79 Å². The molecule has 0 bridgehead atoms. The van der Waals surface area contributed by atoms with E-state index in [1.807, 2.05) is 0 Å². The molecule has 0 aromatic rings. The summed E-state index contributed by atoms with van der Waals surface area (Å²) in [7, 11) is 0. The van der Waals surface area contributed by atoms with Crippen molar-refractivity contribution in [2.75, 3.05) is 32.8 Å². The third-order valence-corrected chi connectivity index (χ3v) is 17.6. The fourth-order valence-corrected chi connectivity index (χ4v) is 15.1. The van der Waals surface area contributed by atoms with Crippen LogP contribution < -0.4 is 0 Å². The maximum atomic E-state index is 15.0. The molecule has 8 rings (SSSR count). The molecule has 47 heavy (non-hydrogen) atoms. The van der Waals surface area contributed by atoms with E-state index in [1.54, 1.807) is 0 Å². The molecule has 5 aliphatic carbocycles. The van der Waals surface area contributed by atoms with Crippen molar-refractivity contribution in [1.29, 1.82) is 0 Å². The minimum Gasteiger partial charge on any atom is -0.434 e. The zero-order valence-corrected chi connectivity index (χ0v) is 30.4. The molecule has 1 amide bonds. The molecule has 262 valence electrons. The molecular weight excluding hydrogens is 584 g/mol. The normalized spacial score (nSPS) is 50.1. The van der Waals surface area contributed by atoms with Gasteiger partial charge in [0.25, 0.3) is 0 Å². The minimum atomic E-state index is -0.472. The largest absolute Gasteiger partial charge is 0.508 e. The Morgan fingerprint density at radius 2 is 1.51 bits per heavy atom. The molecule has 0 N–H and O–H groups in total. The zero-order chi connectivity index (χ0) is 33.0. The minimum absolute atomic E-state index is 0.0147. The Kier molecular flexibility index (Phi) is 7.79. The lowest BCUT2D eigenvalue weighted by atomic mass is 9.32. The van der Waals surface area contributed by atoms with Crippen LogP contribution in [0, 0.1) is 56.7 Å². The molecule has 0 spiro atoms. The van der Waals surface area contributed by atoms with Gasteiger partial charge in [0.05, 0.1) is 5.41 Å². The summed E-state index contributed by atoms with van der Waals surface area (Å²) >= 11 is 0. The number of fused-ring (bicyclic) bond motifs is 9. The molecule has 0 radical (unpaired) electrons. The number of piperidine rings is 2. The number of carbonyl (C=O) groups is 2. The van der Waals surface area contributed by atoms with Crippen molar-refractivity contribution in [2.45, 2.75) is 143 Å². The Balaban J connectivity index is 1.07. The first-order chi connectivity index (χ1) is 22.4. The average Bonchev–Trinajstić information content (AvgIpc) is 3.47. The van der Waals surface area contributed by atoms with Gasteiger partial charge < -0.3 is 19.3 Å². The van der Waals surface area contributed by atoms with Gasteiger partial charge in [-0.1, -0.05) is 46.3 Å². The maximum Gasteiger partial charge on any atom is 0.508 e. The Hall–Kier alpha value is -1.56. The lowest BCUT2D eigenvalue weighted by Gasteiger charge is -2.73. The van der Waals surface area contributed by atoms with E-state index < -0.39 is 6.16 Å². The van der Waals surface area contributed by atoms with Crippen molar-refractivity contribution in [2.24, 2.45) is 56.7 Å². The van der Waals surface area contributed by atoms with Crippen LogP contribution in [0.15, 0.2) is 12.2 Å². The van der Waals surface area contributed by atoms with Gasteiger partial charge in [0.2, 0.25) is 5.91 Å². The summed E-state index contributed by atoms with van der Waals surface area (Å²) in [4.78, 5) is 32.2. The molecule has 0 unspecified atom stereocenters. The van der Waals surface area contributed by atoms with Gasteiger partial charge in [0.15, 0.2) is 0 Å². The van der Waals surface area contributed by atoms with E-state index in [2.05, 4.69) is 51.0 Å². The highest BCUT2D eigenvalue weighted by Crippen LogP contribution is 2.78. The molecule has 0 aromatic heterocycles. The molecule has 3 heterocycles. The van der Waals surface area contributed by atoms with Crippen molar-refractivity contribution in [3.05, 3.63) is 12.2 Å². The molecule has 3 aliphatic heterocycles. The van der Waals surface area contributed by atoms with E-state index in [9.17, 15) is 4.79 Å². The van der Waals surface area contributed by atoms with Crippen molar-refractivity contribution >= 4 is 12.1 Å². The van der Waals surface area contributed by atoms with Crippen LogP contribution in [0.5, 0.6) is 0 Å². The summed E-state index contributed by atoms with van der Waals surface area (Å²) in [5, 5.41) is 0. The number of carbonyl (C=O) groups excluding carboxylic acids is 2. The smallest absolute Gasteiger partial charge is 0.434 e. The molecule has 8 aliphatic rings. The Labute approximate surface area is 285 Å². The summed E-state index contributed by atoms with van der Waals surface area (Å²) in [6, 6.07) is 0.672. The predicted octanol–water partition coefficient (Wildman–Crippen LogP) is 8.64. The summed E-state index contributed by atoms with van der Waals surface area (Å²) in [5.74, 6) is 3.13. The summed E-state index contributed by atoms with van der Waals surface area (Å²) < 4.78 is 11.5. The third kappa shape index (κ3) is 4.50. The van der Waals surface area contributed by atoms with Gasteiger partial charge in [0, 0.05) is 24.5 Å². The Bertz CT molecular complexity index is 1290. The standard InChI is InChI=1S/C41H64N2O4/c1-27(2)29-12-19-41(35(44)43-24-15-28(16-25-43)42-22-8-7-9-23-42)21-20-39(5)30(34(29)41)10-11-32-37(3)17-14-33-38(4,26-46-36(45)47-33)31(37)13-18-40(32,39)6/h28-34H,1,7-26H2,2-6H3/t29-,30+,31+,32+,33-,34+,37-,38-,39+,40+,41-/m0/s1. The highest BCUT2D eigenvalue weighted by atomic mass is 16.7. The van der Waals surface area contributed by atoms with E-state index in [0.717, 1.165) is 58.0 Å². The highest BCUT2D eigenvalue weighted by molar-refractivity contribution is 5.84. The second-order valence-electron chi connectivity index (χ2n) is 19.2. The first kappa shape index (κ1) is 32.6. The van der Waals surface area contributed by atoms with Crippen molar-refractivity contribution in [1.82, 2.24) is 9.80 Å². The van der Waals surface area contributed by atoms with E-state index in [4.69, 9.17) is 9.47 Å². The summed E-state index contributed by atoms with van der Waals surface area (Å²) in [5.41, 5.74) is 1.67. The Morgan fingerprint density at radius 3 is 2.23 bits per heavy atom. The first-order valence-corrected chi connectivity index (χ1v) is 19.9. The molecular formula is C41H64N2O4. The molecule has 11 atom stereocenters. The van der Waals surface area contributed by atoms with Gasteiger partial charge in [0.1, 0.15) is 12.7 Å². The number of cyclic esters (lactones) is 1. The van der Waals surface area contributed by atoms with Gasteiger partial charge in [-0.2, -0.15) is 0 Å². The molecule has 5 saturated carbocycles. The van der Waals surface area contributed by atoms with E-state index in [0.29, 0.717) is 48.1 Å². The second kappa shape index (κ2) is 11.2. The molecule has 6 nitrogen and oxygen atoms in total. The molecule has 0 aromatic carbocycles. The summed E-state index contributed by atoms with van der Waals surface area (Å²) in [6.45, 7) is 22.1. The van der Waals surface area contributed by atoms with E-state index in [1.165, 1.54) is 70.0 Å². The van der Waals surface area contributed by atoms with E-state index >= 15 is 4.79 Å². The zero-order valence-electron chi connectivity index (χ0n) is 30.4. The maximum absolute atomic E-state index is 15.0. The number of hydrogen-bond acceptors (Lipinski definition) is 5. The van der Waals surface area contributed by atoms with Crippen LogP contribution >= 0.6 is 0 Å². The van der Waals surface area contributed by atoms with Gasteiger partial charge >= 0.3 is 6.16 Å². The van der Waals surface area contributed by atoms with Crippen LogP contribution in [0.4, 0.5) is 4.79 Å².